The van der Waals surface area contributed by atoms with Gasteiger partial charge in [-0.05, 0) is 24.6 Å². The van der Waals surface area contributed by atoms with Crippen LogP contribution in [0.2, 0.25) is 0 Å². The second-order valence-corrected chi connectivity index (χ2v) is 4.25. The van der Waals surface area contributed by atoms with Crippen LogP contribution >= 0.6 is 0 Å². The summed E-state index contributed by atoms with van der Waals surface area (Å²) in [5.41, 5.74) is 0.615. The number of methoxy groups -OCH3 is 1. The molecule has 3 nitrogen and oxygen atoms in total. The molecule has 0 radical (unpaired) electrons. The van der Waals surface area contributed by atoms with E-state index in [0.29, 0.717) is 12.1 Å². The van der Waals surface area contributed by atoms with Gasteiger partial charge in [-0.1, -0.05) is 18.2 Å². The van der Waals surface area contributed by atoms with Crippen molar-refractivity contribution in [3.8, 4) is 0 Å². The molecule has 17 heavy (non-hydrogen) atoms. The van der Waals surface area contributed by atoms with E-state index >= 15 is 0 Å². The molecule has 2 rings (SSSR count). The minimum absolute atomic E-state index is 0.0927. The molecule has 1 aliphatic rings. The Morgan fingerprint density at radius 2 is 2.24 bits per heavy atom. The quantitative estimate of drug-likeness (QED) is 0.795. The zero-order valence-corrected chi connectivity index (χ0v) is 9.78. The number of halogens is 1. The van der Waals surface area contributed by atoms with Crippen LogP contribution < -0.4 is 5.32 Å². The summed E-state index contributed by atoms with van der Waals surface area (Å²) in [5, 5.41) is 3.15. The maximum absolute atomic E-state index is 13.7. The van der Waals surface area contributed by atoms with Crippen molar-refractivity contribution in [3.63, 3.8) is 0 Å². The smallest absolute Gasteiger partial charge is 0.310 e. The lowest BCUT2D eigenvalue weighted by atomic mass is 9.81. The van der Waals surface area contributed by atoms with E-state index < -0.39 is 0 Å². The van der Waals surface area contributed by atoms with Crippen LogP contribution in [0.3, 0.4) is 0 Å². The second-order valence-electron chi connectivity index (χ2n) is 4.25. The Bertz CT molecular complexity index is 408. The summed E-state index contributed by atoms with van der Waals surface area (Å²) in [4.78, 5) is 11.7. The molecule has 92 valence electrons. The SMILES string of the molecule is COC(=O)[C@@H]1CNCC[C@@H]1c1ccccc1F. The number of hydrogen-bond acceptors (Lipinski definition) is 3. The molecule has 1 aromatic rings. The molecule has 4 heteroatoms. The summed E-state index contributed by atoms with van der Waals surface area (Å²) in [6, 6.07) is 6.65. The van der Waals surface area contributed by atoms with Crippen LogP contribution in [0.5, 0.6) is 0 Å². The average Bonchev–Trinajstić information content (AvgIpc) is 2.38. The summed E-state index contributed by atoms with van der Waals surface area (Å²) >= 11 is 0. The molecular formula is C13H16FNO2. The van der Waals surface area contributed by atoms with Gasteiger partial charge in [-0.25, -0.2) is 4.39 Å². The Balaban J connectivity index is 2.28. The maximum atomic E-state index is 13.7. The van der Waals surface area contributed by atoms with Gasteiger partial charge < -0.3 is 10.1 Å². The van der Waals surface area contributed by atoms with Crippen molar-refractivity contribution in [1.29, 1.82) is 0 Å². The summed E-state index contributed by atoms with van der Waals surface area (Å²) in [5.74, 6) is -0.908. The Morgan fingerprint density at radius 3 is 2.94 bits per heavy atom. The van der Waals surface area contributed by atoms with Gasteiger partial charge in [-0.3, -0.25) is 4.79 Å². The van der Waals surface area contributed by atoms with Gasteiger partial charge in [0.15, 0.2) is 0 Å². The highest BCUT2D eigenvalue weighted by Crippen LogP contribution is 2.32. The van der Waals surface area contributed by atoms with E-state index in [1.807, 2.05) is 0 Å². The number of nitrogens with one attached hydrogen (secondary N) is 1. The van der Waals surface area contributed by atoms with Gasteiger partial charge in [-0.2, -0.15) is 0 Å². The monoisotopic (exact) mass is 237 g/mol. The third-order valence-electron chi connectivity index (χ3n) is 3.29. The maximum Gasteiger partial charge on any atom is 0.310 e. The first kappa shape index (κ1) is 12.0. The highest BCUT2D eigenvalue weighted by Gasteiger charge is 2.33. The largest absolute Gasteiger partial charge is 0.469 e. The lowest BCUT2D eigenvalue weighted by molar-refractivity contribution is -0.146. The van der Waals surface area contributed by atoms with Crippen molar-refractivity contribution in [3.05, 3.63) is 35.6 Å². The van der Waals surface area contributed by atoms with Crippen molar-refractivity contribution in [2.75, 3.05) is 20.2 Å². The van der Waals surface area contributed by atoms with E-state index in [1.54, 1.807) is 18.2 Å². The molecule has 0 unspecified atom stereocenters. The van der Waals surface area contributed by atoms with Crippen molar-refractivity contribution >= 4 is 5.97 Å². The molecule has 0 aromatic heterocycles. The van der Waals surface area contributed by atoms with E-state index in [0.717, 1.165) is 13.0 Å². The van der Waals surface area contributed by atoms with Gasteiger partial charge in [-0.15, -0.1) is 0 Å². The molecule has 1 fully saturated rings. The normalized spacial score (nSPS) is 24.4. The van der Waals surface area contributed by atoms with Crippen LogP contribution in [0.25, 0.3) is 0 Å². The fourth-order valence-corrected chi connectivity index (χ4v) is 2.41. The van der Waals surface area contributed by atoms with Gasteiger partial charge in [0, 0.05) is 12.5 Å². The third kappa shape index (κ3) is 2.47. The minimum atomic E-state index is -0.300. The highest BCUT2D eigenvalue weighted by atomic mass is 19.1. The minimum Gasteiger partial charge on any atom is -0.469 e. The predicted molar refractivity (Wildman–Crippen MR) is 62.1 cm³/mol. The number of carbonyl (C=O) groups is 1. The first-order chi connectivity index (χ1) is 8.24. The zero-order valence-electron chi connectivity index (χ0n) is 9.78. The first-order valence-corrected chi connectivity index (χ1v) is 5.77. The van der Waals surface area contributed by atoms with E-state index in [-0.39, 0.29) is 23.6 Å². The molecular weight excluding hydrogens is 221 g/mol. The molecule has 0 aliphatic carbocycles. The number of esters is 1. The number of rotatable bonds is 2. The summed E-state index contributed by atoms with van der Waals surface area (Å²) < 4.78 is 18.5. The van der Waals surface area contributed by atoms with Gasteiger partial charge in [0.05, 0.1) is 13.0 Å². The molecule has 0 amide bonds. The fourth-order valence-electron chi connectivity index (χ4n) is 2.41. The lowest BCUT2D eigenvalue weighted by Crippen LogP contribution is -2.40. The first-order valence-electron chi connectivity index (χ1n) is 5.77. The van der Waals surface area contributed by atoms with Crippen LogP contribution in [0.15, 0.2) is 24.3 Å². The second kappa shape index (κ2) is 5.27. The molecule has 1 saturated heterocycles. The van der Waals surface area contributed by atoms with Crippen molar-refractivity contribution < 1.29 is 13.9 Å². The van der Waals surface area contributed by atoms with Gasteiger partial charge in [0.2, 0.25) is 0 Å². The molecule has 2 atom stereocenters. The number of benzene rings is 1. The van der Waals surface area contributed by atoms with Crippen molar-refractivity contribution in [2.24, 2.45) is 5.92 Å². The molecule has 1 N–H and O–H groups in total. The summed E-state index contributed by atoms with van der Waals surface area (Å²) in [7, 11) is 1.37. The number of hydrogen-bond donors (Lipinski definition) is 1. The Hall–Kier alpha value is -1.42. The van der Waals surface area contributed by atoms with Crippen LogP contribution in [-0.4, -0.2) is 26.2 Å². The number of ether oxygens (including phenoxy) is 1. The Labute approximate surface area is 100.0 Å². The molecule has 1 aliphatic heterocycles. The molecule has 0 saturated carbocycles. The van der Waals surface area contributed by atoms with Gasteiger partial charge >= 0.3 is 5.97 Å². The van der Waals surface area contributed by atoms with Crippen molar-refractivity contribution in [1.82, 2.24) is 5.32 Å². The van der Waals surface area contributed by atoms with Gasteiger partial charge in [0.25, 0.3) is 0 Å². The van der Waals surface area contributed by atoms with E-state index in [4.69, 9.17) is 4.74 Å². The molecule has 0 spiro atoms. The van der Waals surface area contributed by atoms with Gasteiger partial charge in [0.1, 0.15) is 5.82 Å². The van der Waals surface area contributed by atoms with Crippen molar-refractivity contribution in [2.45, 2.75) is 12.3 Å². The standard InChI is InChI=1S/C13H16FNO2/c1-17-13(16)11-8-15-7-6-9(11)10-4-2-3-5-12(10)14/h2-5,9,11,15H,6-8H2,1H3/t9-,11-/m1/s1. The van der Waals surface area contributed by atoms with Crippen LogP contribution in [-0.2, 0) is 9.53 Å². The van der Waals surface area contributed by atoms with Crippen LogP contribution in [0.1, 0.15) is 17.9 Å². The van der Waals surface area contributed by atoms with Crippen LogP contribution in [0.4, 0.5) is 4.39 Å². The van der Waals surface area contributed by atoms with E-state index in [1.165, 1.54) is 13.2 Å². The molecule has 1 heterocycles. The lowest BCUT2D eigenvalue weighted by Gasteiger charge is -2.30. The van der Waals surface area contributed by atoms with E-state index in [2.05, 4.69) is 5.32 Å². The fraction of sp³-hybridized carbons (Fsp3) is 0.462. The predicted octanol–water partition coefficient (Wildman–Crippen LogP) is 1.69. The third-order valence-corrected chi connectivity index (χ3v) is 3.29. The highest BCUT2D eigenvalue weighted by molar-refractivity contribution is 5.74. The van der Waals surface area contributed by atoms with Crippen LogP contribution in [0, 0.1) is 11.7 Å². The summed E-state index contributed by atoms with van der Waals surface area (Å²) in [6.07, 6.45) is 0.751. The topological polar surface area (TPSA) is 38.3 Å². The average molecular weight is 237 g/mol. The Morgan fingerprint density at radius 1 is 1.47 bits per heavy atom. The Kier molecular flexibility index (Phi) is 3.74. The zero-order chi connectivity index (χ0) is 12.3. The van der Waals surface area contributed by atoms with E-state index in [9.17, 15) is 9.18 Å². The molecule has 0 bridgehead atoms. The summed E-state index contributed by atoms with van der Waals surface area (Å²) in [6.45, 7) is 1.35. The number of piperidine rings is 1. The molecule has 1 aromatic carbocycles. The number of carbonyl (C=O) groups excluding carboxylic acids is 1.